The minimum Gasteiger partial charge on any atom is -0.467 e. The number of nitrogens with one attached hydrogen (secondary N) is 1. The number of amides is 1. The van der Waals surface area contributed by atoms with Crippen LogP contribution in [0.4, 0.5) is 0 Å². The molecule has 0 atom stereocenters. The highest BCUT2D eigenvalue weighted by atomic mass is 35.5. The summed E-state index contributed by atoms with van der Waals surface area (Å²) in [6, 6.07) is 10.7. The summed E-state index contributed by atoms with van der Waals surface area (Å²) in [6.45, 7) is 0.367. The number of hydrogen-bond donors (Lipinski definition) is 1. The lowest BCUT2D eigenvalue weighted by Crippen LogP contribution is -2.22. The smallest absolute Gasteiger partial charge is 0.227 e. The minimum atomic E-state index is -0.104. The van der Waals surface area contributed by atoms with Gasteiger partial charge >= 0.3 is 0 Å². The average molecular weight is 332 g/mol. The van der Waals surface area contributed by atoms with E-state index in [1.807, 2.05) is 12.1 Å². The van der Waals surface area contributed by atoms with Gasteiger partial charge in [-0.05, 0) is 36.4 Å². The second kappa shape index (κ2) is 7.11. The molecule has 0 bridgehead atoms. The van der Waals surface area contributed by atoms with Gasteiger partial charge in [-0.2, -0.15) is 4.98 Å². The Bertz CT molecular complexity index is 766. The van der Waals surface area contributed by atoms with Crippen molar-refractivity contribution in [3.63, 3.8) is 0 Å². The van der Waals surface area contributed by atoms with Crippen LogP contribution in [0.15, 0.2) is 51.6 Å². The molecule has 7 heteroatoms. The van der Waals surface area contributed by atoms with Crippen LogP contribution in [0, 0.1) is 0 Å². The Morgan fingerprint density at radius 2 is 2.04 bits per heavy atom. The zero-order chi connectivity index (χ0) is 16.1. The van der Waals surface area contributed by atoms with E-state index in [-0.39, 0.29) is 12.3 Å². The van der Waals surface area contributed by atoms with Crippen molar-refractivity contribution in [3.05, 3.63) is 59.3 Å². The lowest BCUT2D eigenvalue weighted by Gasteiger charge is -2.01. The Kier molecular flexibility index (Phi) is 4.73. The number of rotatable bonds is 6. The fourth-order valence-electron chi connectivity index (χ4n) is 1.98. The van der Waals surface area contributed by atoms with Gasteiger partial charge in [0, 0.05) is 23.4 Å². The first-order valence-corrected chi connectivity index (χ1v) is 7.46. The summed E-state index contributed by atoms with van der Waals surface area (Å²) in [4.78, 5) is 16.0. The van der Waals surface area contributed by atoms with E-state index < -0.39 is 0 Å². The molecule has 3 rings (SSSR count). The Balaban J connectivity index is 1.50. The number of hydrogen-bond acceptors (Lipinski definition) is 5. The van der Waals surface area contributed by atoms with Gasteiger partial charge in [-0.15, -0.1) is 0 Å². The zero-order valence-electron chi connectivity index (χ0n) is 12.2. The monoisotopic (exact) mass is 331 g/mol. The number of furan rings is 1. The molecule has 0 aliphatic carbocycles. The lowest BCUT2D eigenvalue weighted by molar-refractivity contribution is -0.121. The molecule has 0 saturated carbocycles. The maximum Gasteiger partial charge on any atom is 0.227 e. The van der Waals surface area contributed by atoms with Crippen molar-refractivity contribution in [2.45, 2.75) is 19.4 Å². The van der Waals surface area contributed by atoms with Crippen LogP contribution in [-0.4, -0.2) is 16.0 Å². The normalized spacial score (nSPS) is 10.7. The first kappa shape index (κ1) is 15.3. The van der Waals surface area contributed by atoms with Crippen molar-refractivity contribution < 1.29 is 13.7 Å². The predicted octanol–water partition coefficient (Wildman–Crippen LogP) is 3.23. The third-order valence-corrected chi connectivity index (χ3v) is 3.43. The Labute approximate surface area is 137 Å². The van der Waals surface area contributed by atoms with Crippen molar-refractivity contribution in [1.82, 2.24) is 15.5 Å². The first-order chi connectivity index (χ1) is 11.2. The second-order valence-electron chi connectivity index (χ2n) is 4.87. The van der Waals surface area contributed by atoms with E-state index in [0.29, 0.717) is 35.5 Å². The van der Waals surface area contributed by atoms with E-state index in [9.17, 15) is 4.79 Å². The molecular formula is C16H14ClN3O3. The molecule has 2 heterocycles. The van der Waals surface area contributed by atoms with Gasteiger partial charge < -0.3 is 14.3 Å². The van der Waals surface area contributed by atoms with Crippen molar-refractivity contribution in [2.24, 2.45) is 0 Å². The third-order valence-electron chi connectivity index (χ3n) is 3.18. The minimum absolute atomic E-state index is 0.104. The van der Waals surface area contributed by atoms with Gasteiger partial charge in [0.1, 0.15) is 5.76 Å². The summed E-state index contributed by atoms with van der Waals surface area (Å²) in [5, 5.41) is 7.31. The van der Waals surface area contributed by atoms with E-state index >= 15 is 0 Å². The molecule has 118 valence electrons. The molecule has 0 aliphatic heterocycles. The fourth-order valence-corrected chi connectivity index (χ4v) is 2.11. The van der Waals surface area contributed by atoms with Crippen LogP contribution >= 0.6 is 11.6 Å². The summed E-state index contributed by atoms with van der Waals surface area (Å²) >= 11 is 5.84. The number of carbonyl (C=O) groups is 1. The predicted molar refractivity (Wildman–Crippen MR) is 83.6 cm³/mol. The molecule has 1 aromatic carbocycles. The van der Waals surface area contributed by atoms with Crippen molar-refractivity contribution in [3.8, 4) is 11.4 Å². The van der Waals surface area contributed by atoms with Crippen LogP contribution in [0.5, 0.6) is 0 Å². The SMILES string of the molecule is O=C(CCc1nc(-c2ccc(Cl)cc2)no1)NCc1ccco1. The van der Waals surface area contributed by atoms with E-state index in [2.05, 4.69) is 15.5 Å². The summed E-state index contributed by atoms with van der Waals surface area (Å²) in [6.07, 6.45) is 2.21. The standard InChI is InChI=1S/C16H14ClN3O3/c17-12-5-3-11(4-6-12)16-19-15(23-20-16)8-7-14(21)18-10-13-2-1-9-22-13/h1-6,9H,7-8,10H2,(H,18,21). The molecule has 0 aliphatic rings. The molecule has 0 saturated heterocycles. The highest BCUT2D eigenvalue weighted by molar-refractivity contribution is 6.30. The summed E-state index contributed by atoms with van der Waals surface area (Å²) in [5.41, 5.74) is 0.812. The summed E-state index contributed by atoms with van der Waals surface area (Å²) in [5.74, 6) is 1.50. The van der Waals surface area contributed by atoms with Gasteiger partial charge in [0.25, 0.3) is 0 Å². The number of carbonyl (C=O) groups excluding carboxylic acids is 1. The molecule has 0 unspecified atom stereocenters. The molecule has 6 nitrogen and oxygen atoms in total. The Hall–Kier alpha value is -2.60. The van der Waals surface area contributed by atoms with Gasteiger partial charge in [-0.3, -0.25) is 4.79 Å². The number of benzene rings is 1. The van der Waals surface area contributed by atoms with Crippen LogP contribution in [0.3, 0.4) is 0 Å². The molecule has 1 N–H and O–H groups in total. The van der Waals surface area contributed by atoms with Crippen LogP contribution in [0.1, 0.15) is 18.1 Å². The van der Waals surface area contributed by atoms with Gasteiger partial charge in [0.2, 0.25) is 17.6 Å². The van der Waals surface area contributed by atoms with E-state index in [0.717, 1.165) is 5.56 Å². The number of halogens is 1. The largest absolute Gasteiger partial charge is 0.467 e. The molecular weight excluding hydrogens is 318 g/mol. The van der Waals surface area contributed by atoms with Crippen molar-refractivity contribution >= 4 is 17.5 Å². The summed E-state index contributed by atoms with van der Waals surface area (Å²) < 4.78 is 10.3. The average Bonchev–Trinajstić information content (AvgIpc) is 3.23. The molecule has 23 heavy (non-hydrogen) atoms. The topological polar surface area (TPSA) is 81.2 Å². The lowest BCUT2D eigenvalue weighted by atomic mass is 10.2. The highest BCUT2D eigenvalue weighted by Crippen LogP contribution is 2.18. The Morgan fingerprint density at radius 1 is 1.22 bits per heavy atom. The highest BCUT2D eigenvalue weighted by Gasteiger charge is 2.11. The first-order valence-electron chi connectivity index (χ1n) is 7.08. The van der Waals surface area contributed by atoms with Crippen LogP contribution in [-0.2, 0) is 17.8 Å². The fraction of sp³-hybridized carbons (Fsp3) is 0.188. The van der Waals surface area contributed by atoms with Crippen molar-refractivity contribution in [1.29, 1.82) is 0 Å². The van der Waals surface area contributed by atoms with E-state index in [1.165, 1.54) is 0 Å². The van der Waals surface area contributed by atoms with Gasteiger partial charge in [-0.25, -0.2) is 0 Å². The van der Waals surface area contributed by atoms with Gasteiger partial charge in [-0.1, -0.05) is 16.8 Å². The quantitative estimate of drug-likeness (QED) is 0.750. The number of nitrogens with zero attached hydrogens (tertiary/aromatic N) is 2. The molecule has 1 amide bonds. The molecule has 2 aromatic heterocycles. The zero-order valence-corrected chi connectivity index (χ0v) is 12.9. The third kappa shape index (κ3) is 4.20. The van der Waals surface area contributed by atoms with E-state index in [4.69, 9.17) is 20.5 Å². The molecule has 0 fully saturated rings. The van der Waals surface area contributed by atoms with Crippen molar-refractivity contribution in [2.75, 3.05) is 0 Å². The molecule has 0 radical (unpaired) electrons. The second-order valence-corrected chi connectivity index (χ2v) is 5.31. The van der Waals surface area contributed by atoms with Crippen LogP contribution < -0.4 is 5.32 Å². The van der Waals surface area contributed by atoms with Crippen LogP contribution in [0.25, 0.3) is 11.4 Å². The maximum atomic E-state index is 11.8. The Morgan fingerprint density at radius 3 is 2.78 bits per heavy atom. The van der Waals surface area contributed by atoms with Crippen LogP contribution in [0.2, 0.25) is 5.02 Å². The van der Waals surface area contributed by atoms with Gasteiger partial charge in [0.15, 0.2) is 0 Å². The summed E-state index contributed by atoms with van der Waals surface area (Å²) in [7, 11) is 0. The number of aromatic nitrogens is 2. The van der Waals surface area contributed by atoms with E-state index in [1.54, 1.807) is 30.5 Å². The molecule has 3 aromatic rings. The van der Waals surface area contributed by atoms with Gasteiger partial charge in [0.05, 0.1) is 12.8 Å². The number of aryl methyl sites for hydroxylation is 1. The maximum absolute atomic E-state index is 11.8. The molecule has 0 spiro atoms.